The summed E-state index contributed by atoms with van der Waals surface area (Å²) in [7, 11) is 0. The quantitative estimate of drug-likeness (QED) is 0.285. The first kappa shape index (κ1) is 24.2. The fourth-order valence-corrected chi connectivity index (χ4v) is 7.49. The van der Waals surface area contributed by atoms with Crippen LogP contribution < -0.4 is 9.47 Å². The summed E-state index contributed by atoms with van der Waals surface area (Å²) in [4.78, 5) is 28.1. The fourth-order valence-electron chi connectivity index (χ4n) is 7.49. The fraction of sp³-hybridized carbons (Fsp3) is 0.724. The van der Waals surface area contributed by atoms with Crippen molar-refractivity contribution in [1.29, 1.82) is 0 Å². The highest BCUT2D eigenvalue weighted by Crippen LogP contribution is 2.65. The molecule has 1 saturated heterocycles. The number of ketones is 1. The molecule has 2 aliphatic heterocycles. The Morgan fingerprint density at radius 3 is 2.78 bits per heavy atom. The summed E-state index contributed by atoms with van der Waals surface area (Å²) in [6, 6.07) is 3.75. The predicted octanol–water partition coefficient (Wildman–Crippen LogP) is 4.70. The molecule has 6 rings (SSSR count). The minimum absolute atomic E-state index is 0.0152. The van der Waals surface area contributed by atoms with Gasteiger partial charge in [0.05, 0.1) is 17.6 Å². The molecule has 196 valence electrons. The average Bonchev–Trinajstić information content (AvgIpc) is 3.60. The van der Waals surface area contributed by atoms with Crippen LogP contribution in [0.5, 0.6) is 11.5 Å². The van der Waals surface area contributed by atoms with Gasteiger partial charge in [0, 0.05) is 24.6 Å². The van der Waals surface area contributed by atoms with E-state index in [0.717, 1.165) is 55.8 Å². The molecular formula is C29H39NO6. The lowest BCUT2D eigenvalue weighted by Gasteiger charge is -2.62. The minimum atomic E-state index is -1.02. The standard InChI is InChI=1S/C29H39NO6/c1-2-3-4-5-6-7-16-34-27(32)35-22-11-10-20-17-23-29(33)13-12-21(31)26-28(29,24(20)25(22)36-26)14-15-30(23)18-19-8-9-19/h10-11,19,23,26,33H,2-9,12-18H2,1H3/t23?,26-,28-,29+/m0/s1. The zero-order valence-electron chi connectivity index (χ0n) is 21.4. The number of piperidine rings is 1. The van der Waals surface area contributed by atoms with Gasteiger partial charge in [-0.2, -0.15) is 0 Å². The normalized spacial score (nSPS) is 32.1. The maximum Gasteiger partial charge on any atom is 0.513 e. The van der Waals surface area contributed by atoms with Crippen molar-refractivity contribution in [3.63, 3.8) is 0 Å². The van der Waals surface area contributed by atoms with Crippen molar-refractivity contribution in [3.05, 3.63) is 23.3 Å². The summed E-state index contributed by atoms with van der Waals surface area (Å²) in [6.45, 7) is 4.39. The summed E-state index contributed by atoms with van der Waals surface area (Å²) in [6.07, 6.45) is 9.90. The Morgan fingerprint density at radius 1 is 1.17 bits per heavy atom. The molecular weight excluding hydrogens is 458 g/mol. The topological polar surface area (TPSA) is 85.3 Å². The van der Waals surface area contributed by atoms with Gasteiger partial charge in [-0.15, -0.1) is 0 Å². The number of carbonyl (C=O) groups excluding carboxylic acids is 2. The Balaban J connectivity index is 1.22. The third kappa shape index (κ3) is 3.76. The second kappa shape index (κ2) is 9.32. The second-order valence-corrected chi connectivity index (χ2v) is 11.7. The van der Waals surface area contributed by atoms with E-state index in [4.69, 9.17) is 14.2 Å². The van der Waals surface area contributed by atoms with Crippen molar-refractivity contribution < 1.29 is 28.9 Å². The van der Waals surface area contributed by atoms with Gasteiger partial charge < -0.3 is 19.3 Å². The minimum Gasteiger partial charge on any atom is -0.477 e. The Morgan fingerprint density at radius 2 is 1.97 bits per heavy atom. The van der Waals surface area contributed by atoms with Crippen molar-refractivity contribution in [1.82, 2.24) is 4.90 Å². The average molecular weight is 498 g/mol. The molecule has 1 aromatic carbocycles. The Bertz CT molecular complexity index is 1040. The van der Waals surface area contributed by atoms with Crippen LogP contribution >= 0.6 is 0 Å². The van der Waals surface area contributed by atoms with Gasteiger partial charge in [0.1, 0.15) is 0 Å². The number of nitrogens with zero attached hydrogens (tertiary/aromatic N) is 1. The van der Waals surface area contributed by atoms with Crippen LogP contribution in [-0.4, -0.2) is 59.4 Å². The predicted molar refractivity (Wildman–Crippen MR) is 133 cm³/mol. The molecule has 2 bridgehead atoms. The van der Waals surface area contributed by atoms with Gasteiger partial charge >= 0.3 is 6.16 Å². The molecule has 4 atom stereocenters. The molecule has 3 aliphatic carbocycles. The third-order valence-electron chi connectivity index (χ3n) is 9.45. The van der Waals surface area contributed by atoms with E-state index >= 15 is 0 Å². The number of unbranched alkanes of at least 4 members (excludes halogenated alkanes) is 5. The molecule has 3 fully saturated rings. The first-order chi connectivity index (χ1) is 17.5. The van der Waals surface area contributed by atoms with Crippen LogP contribution in [0, 0.1) is 5.92 Å². The Kier molecular flexibility index (Phi) is 6.27. The van der Waals surface area contributed by atoms with Gasteiger partial charge in [-0.3, -0.25) is 9.69 Å². The summed E-state index contributed by atoms with van der Waals surface area (Å²) in [5, 5.41) is 12.3. The van der Waals surface area contributed by atoms with Crippen LogP contribution in [-0.2, 0) is 21.4 Å². The molecule has 7 nitrogen and oxygen atoms in total. The molecule has 1 N–H and O–H groups in total. The van der Waals surface area contributed by atoms with E-state index in [1.807, 2.05) is 6.07 Å². The molecule has 36 heavy (non-hydrogen) atoms. The number of hydrogen-bond donors (Lipinski definition) is 1. The highest BCUT2D eigenvalue weighted by atomic mass is 16.7. The Hall–Kier alpha value is -2.12. The van der Waals surface area contributed by atoms with Crippen molar-refractivity contribution in [3.8, 4) is 11.5 Å². The highest BCUT2D eigenvalue weighted by molar-refractivity contribution is 5.90. The summed E-state index contributed by atoms with van der Waals surface area (Å²) < 4.78 is 17.3. The van der Waals surface area contributed by atoms with Gasteiger partial charge in [0.25, 0.3) is 0 Å². The molecule has 1 spiro atoms. The number of carbonyl (C=O) groups is 2. The summed E-state index contributed by atoms with van der Waals surface area (Å²) >= 11 is 0. The van der Waals surface area contributed by atoms with Crippen LogP contribution in [0.25, 0.3) is 0 Å². The summed E-state index contributed by atoms with van der Waals surface area (Å²) in [5.74, 6) is 1.52. The zero-order chi connectivity index (χ0) is 24.9. The number of hydrogen-bond acceptors (Lipinski definition) is 7. The number of likely N-dealkylation sites (tertiary alicyclic amines) is 1. The first-order valence-corrected chi connectivity index (χ1v) is 14.1. The maximum absolute atomic E-state index is 13.2. The number of ether oxygens (including phenoxy) is 3. The van der Waals surface area contributed by atoms with Crippen LogP contribution in [0.15, 0.2) is 12.1 Å². The van der Waals surface area contributed by atoms with E-state index in [2.05, 4.69) is 11.8 Å². The molecule has 0 amide bonds. The van der Waals surface area contributed by atoms with Crippen LogP contribution in [0.1, 0.15) is 88.7 Å². The second-order valence-electron chi connectivity index (χ2n) is 11.7. The van der Waals surface area contributed by atoms with Gasteiger partial charge in [0.15, 0.2) is 23.4 Å². The zero-order valence-corrected chi connectivity index (χ0v) is 21.4. The largest absolute Gasteiger partial charge is 0.513 e. The van der Waals surface area contributed by atoms with E-state index in [0.29, 0.717) is 37.4 Å². The van der Waals surface area contributed by atoms with Gasteiger partial charge in [-0.05, 0) is 62.6 Å². The smallest absolute Gasteiger partial charge is 0.477 e. The maximum atomic E-state index is 13.2. The lowest BCUT2D eigenvalue weighted by atomic mass is 9.49. The molecule has 2 saturated carbocycles. The lowest BCUT2D eigenvalue weighted by Crippen LogP contribution is -2.76. The van der Waals surface area contributed by atoms with Crippen LogP contribution in [0.2, 0.25) is 0 Å². The Labute approximate surface area is 213 Å². The van der Waals surface area contributed by atoms with E-state index in [1.165, 1.54) is 32.1 Å². The molecule has 0 aromatic heterocycles. The van der Waals surface area contributed by atoms with Gasteiger partial charge in [0.2, 0.25) is 0 Å². The molecule has 1 unspecified atom stereocenters. The van der Waals surface area contributed by atoms with E-state index in [1.54, 1.807) is 6.07 Å². The molecule has 5 aliphatic rings. The van der Waals surface area contributed by atoms with E-state index in [-0.39, 0.29) is 11.8 Å². The molecule has 2 heterocycles. The monoisotopic (exact) mass is 497 g/mol. The molecule has 7 heteroatoms. The number of benzene rings is 1. The van der Waals surface area contributed by atoms with Crippen molar-refractivity contribution in [2.75, 3.05) is 19.7 Å². The third-order valence-corrected chi connectivity index (χ3v) is 9.45. The number of Topliss-reactive ketones (excluding diaryl/α,β-unsaturated/α-hetero) is 1. The molecule has 1 aromatic rings. The SMILES string of the molecule is CCCCCCCCOC(=O)Oc1ccc2c3c1O[C@H]1C(=O)CC[C@@]4(O)C(C2)N(CC2CC2)CC[C@]314. The highest BCUT2D eigenvalue weighted by Gasteiger charge is 2.73. The molecule has 0 radical (unpaired) electrons. The first-order valence-electron chi connectivity index (χ1n) is 14.1. The number of aliphatic hydroxyl groups is 1. The van der Waals surface area contributed by atoms with Crippen LogP contribution in [0.3, 0.4) is 0 Å². The van der Waals surface area contributed by atoms with Gasteiger partial charge in [-0.1, -0.05) is 45.1 Å². The number of rotatable bonds is 10. The van der Waals surface area contributed by atoms with Crippen molar-refractivity contribution in [2.45, 2.75) is 107 Å². The van der Waals surface area contributed by atoms with E-state index in [9.17, 15) is 14.7 Å². The lowest BCUT2D eigenvalue weighted by molar-refractivity contribution is -0.188. The van der Waals surface area contributed by atoms with Crippen LogP contribution in [0.4, 0.5) is 4.79 Å². The van der Waals surface area contributed by atoms with Crippen molar-refractivity contribution in [2.24, 2.45) is 5.92 Å². The summed E-state index contributed by atoms with van der Waals surface area (Å²) in [5.41, 5.74) is 0.211. The van der Waals surface area contributed by atoms with Gasteiger partial charge in [-0.25, -0.2) is 4.79 Å². The van der Waals surface area contributed by atoms with Crippen molar-refractivity contribution >= 4 is 11.9 Å². The van der Waals surface area contributed by atoms with E-state index < -0.39 is 23.3 Å².